The molecule has 0 fully saturated rings. The minimum atomic E-state index is -4.73. The molecule has 0 unspecified atom stereocenters. The number of nitrogens with zero attached hydrogens (tertiary/aromatic N) is 1. The largest absolute Gasteiger partial charge is 0.573 e. The third-order valence-electron chi connectivity index (χ3n) is 3.43. The van der Waals surface area contributed by atoms with Crippen LogP contribution in [-0.4, -0.2) is 17.3 Å². The summed E-state index contributed by atoms with van der Waals surface area (Å²) in [5.41, 5.74) is 7.68. The monoisotopic (exact) mass is 332 g/mol. The van der Waals surface area contributed by atoms with E-state index in [0.29, 0.717) is 22.0 Å². The number of nitrogens with two attached hydrogens (primary N) is 1. The van der Waals surface area contributed by atoms with Crippen molar-refractivity contribution in [3.63, 3.8) is 0 Å². The van der Waals surface area contributed by atoms with Crippen LogP contribution >= 0.6 is 0 Å². The summed E-state index contributed by atoms with van der Waals surface area (Å²) in [6.45, 7) is 0. The van der Waals surface area contributed by atoms with Crippen LogP contribution in [0.5, 0.6) is 5.75 Å². The molecule has 0 bridgehead atoms. The summed E-state index contributed by atoms with van der Waals surface area (Å²) in [6.07, 6.45) is -3.24. The molecule has 24 heavy (non-hydrogen) atoms. The third kappa shape index (κ3) is 3.29. The molecule has 0 saturated carbocycles. The van der Waals surface area contributed by atoms with Gasteiger partial charge in [0.1, 0.15) is 5.75 Å². The lowest BCUT2D eigenvalue weighted by Gasteiger charge is -2.10. The molecule has 4 nitrogen and oxygen atoms in total. The van der Waals surface area contributed by atoms with E-state index in [2.05, 4.69) is 9.72 Å². The van der Waals surface area contributed by atoms with Crippen molar-refractivity contribution < 1.29 is 22.7 Å². The second-order valence-electron chi connectivity index (χ2n) is 5.03. The van der Waals surface area contributed by atoms with E-state index < -0.39 is 12.3 Å². The van der Waals surface area contributed by atoms with Crippen LogP contribution < -0.4 is 10.5 Å². The van der Waals surface area contributed by atoms with Gasteiger partial charge in [0.05, 0.1) is 11.1 Å². The van der Waals surface area contributed by atoms with Crippen molar-refractivity contribution in [3.8, 4) is 16.9 Å². The number of hydrogen-bond donors (Lipinski definition) is 1. The molecule has 1 heterocycles. The summed E-state index contributed by atoms with van der Waals surface area (Å²) in [6, 6.07) is 12.2. The molecule has 122 valence electrons. The number of carbonyl (C=O) groups is 1. The van der Waals surface area contributed by atoms with E-state index in [1.807, 2.05) is 0 Å². The van der Waals surface area contributed by atoms with Crippen LogP contribution in [0.1, 0.15) is 10.4 Å². The lowest BCUT2D eigenvalue weighted by atomic mass is 10.0. The topological polar surface area (TPSA) is 65.2 Å². The van der Waals surface area contributed by atoms with Crippen LogP contribution in [0.2, 0.25) is 0 Å². The lowest BCUT2D eigenvalue weighted by Crippen LogP contribution is -2.16. The second-order valence-corrected chi connectivity index (χ2v) is 5.03. The Morgan fingerprint density at radius 3 is 2.29 bits per heavy atom. The van der Waals surface area contributed by atoms with Crippen molar-refractivity contribution in [1.29, 1.82) is 0 Å². The Morgan fingerprint density at radius 2 is 1.67 bits per heavy atom. The van der Waals surface area contributed by atoms with Gasteiger partial charge >= 0.3 is 6.36 Å². The summed E-state index contributed by atoms with van der Waals surface area (Å²) in [7, 11) is 0. The zero-order chi connectivity index (χ0) is 17.3. The number of benzene rings is 2. The highest BCUT2D eigenvalue weighted by Crippen LogP contribution is 2.29. The van der Waals surface area contributed by atoms with Gasteiger partial charge in [0.25, 0.3) is 0 Å². The Hall–Kier alpha value is -3.09. The fourth-order valence-electron chi connectivity index (χ4n) is 2.39. The third-order valence-corrected chi connectivity index (χ3v) is 3.43. The molecular weight excluding hydrogens is 321 g/mol. The van der Waals surface area contributed by atoms with E-state index in [1.165, 1.54) is 36.5 Å². The number of primary amides is 1. The number of pyridine rings is 1. The zero-order valence-electron chi connectivity index (χ0n) is 12.2. The second kappa shape index (κ2) is 5.84. The first-order chi connectivity index (χ1) is 11.3. The Morgan fingerprint density at radius 1 is 1.00 bits per heavy atom. The summed E-state index contributed by atoms with van der Waals surface area (Å²) in [5, 5.41) is 0.582. The van der Waals surface area contributed by atoms with Gasteiger partial charge in [-0.2, -0.15) is 0 Å². The van der Waals surface area contributed by atoms with E-state index in [1.54, 1.807) is 18.2 Å². The minimum absolute atomic E-state index is 0.300. The maximum Gasteiger partial charge on any atom is 0.573 e. The number of aromatic nitrogens is 1. The minimum Gasteiger partial charge on any atom is -0.406 e. The average Bonchev–Trinajstić information content (AvgIpc) is 2.53. The van der Waals surface area contributed by atoms with E-state index in [4.69, 9.17) is 5.73 Å². The van der Waals surface area contributed by atoms with Gasteiger partial charge < -0.3 is 10.5 Å². The van der Waals surface area contributed by atoms with Gasteiger partial charge in [-0.15, -0.1) is 13.2 Å². The van der Waals surface area contributed by atoms with Crippen molar-refractivity contribution in [2.24, 2.45) is 5.73 Å². The van der Waals surface area contributed by atoms with E-state index in [0.717, 1.165) is 5.56 Å². The van der Waals surface area contributed by atoms with E-state index >= 15 is 0 Å². The highest BCUT2D eigenvalue weighted by Gasteiger charge is 2.30. The Labute approximate surface area is 134 Å². The fourth-order valence-corrected chi connectivity index (χ4v) is 2.39. The smallest absolute Gasteiger partial charge is 0.406 e. The lowest BCUT2D eigenvalue weighted by molar-refractivity contribution is -0.274. The molecule has 2 N–H and O–H groups in total. The van der Waals surface area contributed by atoms with Gasteiger partial charge in [-0.3, -0.25) is 9.78 Å². The Bertz CT molecular complexity index is 906. The standard InChI is InChI=1S/C17H11F3N2O2/c18-17(19,20)24-12-4-1-10(2-5-12)11-3-6-15-14(9-11)13(16(21)23)7-8-22-15/h1-9H,(H2,21,23). The van der Waals surface area contributed by atoms with E-state index in [9.17, 15) is 18.0 Å². The number of fused-ring (bicyclic) bond motifs is 1. The molecule has 1 aromatic heterocycles. The van der Waals surface area contributed by atoms with Crippen LogP contribution in [0.4, 0.5) is 13.2 Å². The molecule has 0 aliphatic heterocycles. The molecule has 7 heteroatoms. The highest BCUT2D eigenvalue weighted by atomic mass is 19.4. The van der Waals surface area contributed by atoms with Crippen molar-refractivity contribution >= 4 is 16.8 Å². The van der Waals surface area contributed by atoms with Crippen LogP contribution in [0.3, 0.4) is 0 Å². The number of rotatable bonds is 3. The Kier molecular flexibility index (Phi) is 3.84. The first-order valence-electron chi connectivity index (χ1n) is 6.88. The number of amides is 1. The maximum absolute atomic E-state index is 12.2. The summed E-state index contributed by atoms with van der Waals surface area (Å²) < 4.78 is 40.4. The van der Waals surface area contributed by atoms with Gasteiger partial charge in [0, 0.05) is 11.6 Å². The molecule has 1 amide bonds. The number of halogens is 3. The number of alkyl halides is 3. The summed E-state index contributed by atoms with van der Waals surface area (Å²) >= 11 is 0. The average molecular weight is 332 g/mol. The molecule has 0 saturated heterocycles. The molecular formula is C17H11F3N2O2. The number of carbonyl (C=O) groups excluding carboxylic acids is 1. The van der Waals surface area contributed by atoms with Gasteiger partial charge in [-0.25, -0.2) is 0 Å². The van der Waals surface area contributed by atoms with Crippen molar-refractivity contribution in [2.45, 2.75) is 6.36 Å². The van der Waals surface area contributed by atoms with Crippen LogP contribution in [0.25, 0.3) is 22.0 Å². The van der Waals surface area contributed by atoms with Gasteiger partial charge in [-0.05, 0) is 41.5 Å². The first kappa shape index (κ1) is 15.8. The van der Waals surface area contributed by atoms with Crippen molar-refractivity contribution in [2.75, 3.05) is 0 Å². The van der Waals surface area contributed by atoms with E-state index in [-0.39, 0.29) is 5.75 Å². The highest BCUT2D eigenvalue weighted by molar-refractivity contribution is 6.06. The SMILES string of the molecule is NC(=O)c1ccnc2ccc(-c3ccc(OC(F)(F)F)cc3)cc12. The zero-order valence-corrected chi connectivity index (χ0v) is 12.2. The van der Waals surface area contributed by atoms with Gasteiger partial charge in [0.15, 0.2) is 0 Å². The van der Waals surface area contributed by atoms with Crippen molar-refractivity contribution in [3.05, 3.63) is 60.3 Å². The van der Waals surface area contributed by atoms with Gasteiger partial charge in [-0.1, -0.05) is 18.2 Å². The quantitative estimate of drug-likeness (QED) is 0.791. The summed E-state index contributed by atoms with van der Waals surface area (Å²) in [5.74, 6) is -0.875. The van der Waals surface area contributed by atoms with Crippen molar-refractivity contribution in [1.82, 2.24) is 4.98 Å². The number of ether oxygens (including phenoxy) is 1. The molecule has 0 spiro atoms. The molecule has 3 aromatic rings. The van der Waals surface area contributed by atoms with Gasteiger partial charge in [0.2, 0.25) is 5.91 Å². The molecule has 0 atom stereocenters. The molecule has 0 radical (unpaired) electrons. The fraction of sp³-hybridized carbons (Fsp3) is 0.0588. The Balaban J connectivity index is 2.00. The first-order valence-corrected chi connectivity index (χ1v) is 6.88. The van der Waals surface area contributed by atoms with Crippen LogP contribution in [-0.2, 0) is 0 Å². The predicted molar refractivity (Wildman–Crippen MR) is 82.4 cm³/mol. The summed E-state index contributed by atoms with van der Waals surface area (Å²) in [4.78, 5) is 15.7. The predicted octanol–water partition coefficient (Wildman–Crippen LogP) is 3.90. The molecule has 2 aromatic carbocycles. The maximum atomic E-state index is 12.2. The molecule has 0 aliphatic rings. The molecule has 0 aliphatic carbocycles. The normalized spacial score (nSPS) is 11.5. The molecule has 3 rings (SSSR count). The van der Waals surface area contributed by atoms with Crippen LogP contribution in [0.15, 0.2) is 54.7 Å². The number of hydrogen-bond acceptors (Lipinski definition) is 3. The van der Waals surface area contributed by atoms with Crippen LogP contribution in [0, 0.1) is 0 Å².